The molecule has 0 aromatic heterocycles. The van der Waals surface area contributed by atoms with Crippen LogP contribution in [0.5, 0.6) is 0 Å². The van der Waals surface area contributed by atoms with Crippen LogP contribution in [0.25, 0.3) is 0 Å². The Morgan fingerprint density at radius 1 is 1.05 bits per heavy atom. The van der Waals surface area contributed by atoms with E-state index >= 15 is 0 Å². The zero-order valence-electron chi connectivity index (χ0n) is 11.8. The SMILES string of the molecule is OC1CC2CCC(CC1C(F)(F)F)N2Cc1ccccc1. The van der Waals surface area contributed by atoms with E-state index in [9.17, 15) is 18.3 Å². The number of benzene rings is 1. The average molecular weight is 299 g/mol. The van der Waals surface area contributed by atoms with Crippen LogP contribution in [0.3, 0.4) is 0 Å². The van der Waals surface area contributed by atoms with Crippen molar-refractivity contribution in [2.75, 3.05) is 0 Å². The van der Waals surface area contributed by atoms with E-state index in [4.69, 9.17) is 0 Å². The Morgan fingerprint density at radius 2 is 1.67 bits per heavy atom. The minimum atomic E-state index is -4.30. The third kappa shape index (κ3) is 3.09. The molecule has 0 saturated carbocycles. The van der Waals surface area contributed by atoms with E-state index in [0.717, 1.165) is 18.4 Å². The monoisotopic (exact) mass is 299 g/mol. The zero-order valence-corrected chi connectivity index (χ0v) is 11.8. The van der Waals surface area contributed by atoms with Crippen molar-refractivity contribution in [1.82, 2.24) is 4.90 Å². The van der Waals surface area contributed by atoms with Gasteiger partial charge in [-0.2, -0.15) is 13.2 Å². The highest BCUT2D eigenvalue weighted by atomic mass is 19.4. The van der Waals surface area contributed by atoms with Gasteiger partial charge < -0.3 is 5.11 Å². The van der Waals surface area contributed by atoms with E-state index in [1.54, 1.807) is 0 Å². The van der Waals surface area contributed by atoms with Gasteiger partial charge in [0.25, 0.3) is 0 Å². The summed E-state index contributed by atoms with van der Waals surface area (Å²) in [7, 11) is 0. The van der Waals surface area contributed by atoms with Gasteiger partial charge in [0.05, 0.1) is 12.0 Å². The van der Waals surface area contributed by atoms with E-state index in [-0.39, 0.29) is 24.9 Å². The topological polar surface area (TPSA) is 23.5 Å². The number of alkyl halides is 3. The molecule has 5 heteroatoms. The van der Waals surface area contributed by atoms with Crippen LogP contribution in [-0.4, -0.2) is 34.4 Å². The first-order valence-corrected chi connectivity index (χ1v) is 7.49. The number of halogens is 3. The summed E-state index contributed by atoms with van der Waals surface area (Å²) in [6.45, 7) is 0.674. The summed E-state index contributed by atoms with van der Waals surface area (Å²) >= 11 is 0. The molecule has 4 unspecified atom stereocenters. The van der Waals surface area contributed by atoms with Gasteiger partial charge in [0.1, 0.15) is 0 Å². The Balaban J connectivity index is 1.78. The van der Waals surface area contributed by atoms with E-state index in [1.165, 1.54) is 0 Å². The Labute approximate surface area is 122 Å². The summed E-state index contributed by atoms with van der Waals surface area (Å²) in [6, 6.07) is 9.83. The first kappa shape index (κ1) is 14.9. The van der Waals surface area contributed by atoms with E-state index in [2.05, 4.69) is 4.90 Å². The van der Waals surface area contributed by atoms with Crippen molar-refractivity contribution in [1.29, 1.82) is 0 Å². The van der Waals surface area contributed by atoms with Crippen molar-refractivity contribution in [3.8, 4) is 0 Å². The third-order valence-electron chi connectivity index (χ3n) is 4.90. The number of aliphatic hydroxyl groups is 1. The van der Waals surface area contributed by atoms with Crippen molar-refractivity contribution in [2.24, 2.45) is 5.92 Å². The molecule has 21 heavy (non-hydrogen) atoms. The predicted molar refractivity (Wildman–Crippen MR) is 73.6 cm³/mol. The second kappa shape index (κ2) is 5.61. The van der Waals surface area contributed by atoms with E-state index < -0.39 is 18.2 Å². The van der Waals surface area contributed by atoms with Gasteiger partial charge in [-0.15, -0.1) is 0 Å². The number of nitrogens with zero attached hydrogens (tertiary/aromatic N) is 1. The molecule has 2 aliphatic heterocycles. The van der Waals surface area contributed by atoms with Gasteiger partial charge in [-0.3, -0.25) is 4.90 Å². The van der Waals surface area contributed by atoms with Crippen LogP contribution in [-0.2, 0) is 6.54 Å². The molecule has 0 radical (unpaired) electrons. The number of aliphatic hydroxyl groups excluding tert-OH is 1. The van der Waals surface area contributed by atoms with Gasteiger partial charge in [0.2, 0.25) is 0 Å². The second-order valence-electron chi connectivity index (χ2n) is 6.23. The minimum Gasteiger partial charge on any atom is -0.392 e. The second-order valence-corrected chi connectivity index (χ2v) is 6.23. The fourth-order valence-electron chi connectivity index (χ4n) is 3.82. The lowest BCUT2D eigenvalue weighted by atomic mass is 9.88. The lowest BCUT2D eigenvalue weighted by Gasteiger charge is -2.28. The molecular formula is C16H20F3NO. The summed E-state index contributed by atoms with van der Waals surface area (Å²) in [4.78, 5) is 2.17. The molecule has 2 bridgehead atoms. The third-order valence-corrected chi connectivity index (χ3v) is 4.90. The van der Waals surface area contributed by atoms with Gasteiger partial charge in [0, 0.05) is 18.6 Å². The van der Waals surface area contributed by atoms with Gasteiger partial charge in [-0.1, -0.05) is 30.3 Å². The lowest BCUT2D eigenvalue weighted by molar-refractivity contribution is -0.202. The largest absolute Gasteiger partial charge is 0.394 e. The fraction of sp³-hybridized carbons (Fsp3) is 0.625. The highest BCUT2D eigenvalue weighted by molar-refractivity contribution is 5.15. The number of hydrogen-bond donors (Lipinski definition) is 1. The van der Waals surface area contributed by atoms with Gasteiger partial charge >= 0.3 is 6.18 Å². The Hall–Kier alpha value is -1.07. The van der Waals surface area contributed by atoms with Crippen LogP contribution < -0.4 is 0 Å². The maximum atomic E-state index is 13.1. The maximum absolute atomic E-state index is 13.1. The van der Waals surface area contributed by atoms with Crippen LogP contribution in [0.4, 0.5) is 13.2 Å². The summed E-state index contributed by atoms with van der Waals surface area (Å²) in [5.41, 5.74) is 1.12. The van der Waals surface area contributed by atoms with E-state index in [0.29, 0.717) is 6.54 Å². The smallest absolute Gasteiger partial charge is 0.392 e. The molecule has 0 amide bonds. The van der Waals surface area contributed by atoms with Crippen molar-refractivity contribution >= 4 is 0 Å². The molecule has 1 aromatic carbocycles. The van der Waals surface area contributed by atoms with Crippen LogP contribution >= 0.6 is 0 Å². The molecule has 3 rings (SSSR count). The standard InChI is InChI=1S/C16H20F3NO/c17-16(18,19)14-8-12-6-7-13(9-15(14)21)20(12)10-11-4-2-1-3-5-11/h1-5,12-15,21H,6-10H2. The molecule has 4 atom stereocenters. The Bertz CT molecular complexity index is 476. The fourth-order valence-corrected chi connectivity index (χ4v) is 3.82. The molecule has 2 saturated heterocycles. The quantitative estimate of drug-likeness (QED) is 0.905. The summed E-state index contributed by atoms with van der Waals surface area (Å²) in [5, 5.41) is 9.94. The minimum absolute atomic E-state index is 0.0218. The lowest BCUT2D eigenvalue weighted by Crippen LogP contribution is -2.36. The molecule has 2 heterocycles. The van der Waals surface area contributed by atoms with Gasteiger partial charge in [0.15, 0.2) is 0 Å². The zero-order chi connectivity index (χ0) is 15.0. The van der Waals surface area contributed by atoms with Gasteiger partial charge in [-0.05, 0) is 31.2 Å². The van der Waals surface area contributed by atoms with Crippen molar-refractivity contribution < 1.29 is 18.3 Å². The van der Waals surface area contributed by atoms with Crippen molar-refractivity contribution in [2.45, 2.75) is 56.6 Å². The number of fused-ring (bicyclic) bond motifs is 2. The summed E-state index contributed by atoms with van der Waals surface area (Å²) in [6.07, 6.45) is -3.63. The van der Waals surface area contributed by atoms with Crippen LogP contribution in [0.1, 0.15) is 31.2 Å². The van der Waals surface area contributed by atoms with Crippen LogP contribution in [0, 0.1) is 5.92 Å². The predicted octanol–water partition coefficient (Wildman–Crippen LogP) is 3.35. The molecule has 2 fully saturated rings. The van der Waals surface area contributed by atoms with E-state index in [1.807, 2.05) is 30.3 Å². The highest BCUT2D eigenvalue weighted by Gasteiger charge is 2.51. The molecule has 116 valence electrons. The van der Waals surface area contributed by atoms with Gasteiger partial charge in [-0.25, -0.2) is 0 Å². The molecular weight excluding hydrogens is 279 g/mol. The normalized spacial score (nSPS) is 33.9. The number of hydrogen-bond acceptors (Lipinski definition) is 2. The molecule has 1 aromatic rings. The van der Waals surface area contributed by atoms with Crippen molar-refractivity contribution in [3.05, 3.63) is 35.9 Å². The molecule has 2 nitrogen and oxygen atoms in total. The molecule has 1 N–H and O–H groups in total. The maximum Gasteiger partial charge on any atom is 0.394 e. The Morgan fingerprint density at radius 3 is 2.29 bits per heavy atom. The highest BCUT2D eigenvalue weighted by Crippen LogP contribution is 2.43. The Kier molecular flexibility index (Phi) is 3.97. The number of rotatable bonds is 2. The van der Waals surface area contributed by atoms with Crippen LogP contribution in [0.2, 0.25) is 0 Å². The molecule has 0 spiro atoms. The molecule has 0 aliphatic carbocycles. The van der Waals surface area contributed by atoms with Crippen molar-refractivity contribution in [3.63, 3.8) is 0 Å². The average Bonchev–Trinajstić information content (AvgIpc) is 2.70. The first-order valence-electron chi connectivity index (χ1n) is 7.49. The summed E-state index contributed by atoms with van der Waals surface area (Å²) in [5.74, 6) is -1.58. The first-order chi connectivity index (χ1) is 9.95. The van der Waals surface area contributed by atoms with Crippen LogP contribution in [0.15, 0.2) is 30.3 Å². The molecule has 2 aliphatic rings. The summed E-state index contributed by atoms with van der Waals surface area (Å²) < 4.78 is 39.2.